The van der Waals surface area contributed by atoms with Crippen LogP contribution in [0.5, 0.6) is 0 Å². The van der Waals surface area contributed by atoms with Crippen molar-refractivity contribution in [3.05, 3.63) is 0 Å². The molecule has 3 fully saturated rings. The van der Waals surface area contributed by atoms with E-state index in [1.807, 2.05) is 0 Å². The van der Waals surface area contributed by atoms with Gasteiger partial charge in [0.05, 0.1) is 6.10 Å². The largest absolute Gasteiger partial charge is 0.370 e. The van der Waals surface area contributed by atoms with E-state index in [2.05, 4.69) is 20.8 Å². The number of fused-ring (bicyclic) bond motifs is 2. The number of rotatable bonds is 4. The van der Waals surface area contributed by atoms with Gasteiger partial charge in [0.25, 0.3) is 0 Å². The number of hydrogen-bond donors (Lipinski definition) is 0. The van der Waals surface area contributed by atoms with Crippen molar-refractivity contribution >= 4 is 5.78 Å². The predicted octanol–water partition coefficient (Wildman–Crippen LogP) is 4.37. The Bertz CT molecular complexity index is 381. The molecule has 3 aliphatic rings. The Morgan fingerprint density at radius 2 is 1.80 bits per heavy atom. The molecule has 2 bridgehead atoms. The van der Waals surface area contributed by atoms with E-state index in [4.69, 9.17) is 4.74 Å². The molecule has 3 saturated carbocycles. The molecule has 3 atom stereocenters. The SMILES string of the molecule is CC1(C)C2CCC1(C)C(OCC(=O)C1CCCCC1)C2. The molecule has 0 radical (unpaired) electrons. The average molecular weight is 278 g/mol. The lowest BCUT2D eigenvalue weighted by Crippen LogP contribution is -2.38. The van der Waals surface area contributed by atoms with Crippen molar-refractivity contribution in [3.63, 3.8) is 0 Å². The first kappa shape index (κ1) is 14.6. The lowest BCUT2D eigenvalue weighted by Gasteiger charge is -2.39. The van der Waals surface area contributed by atoms with Crippen LogP contribution in [0.3, 0.4) is 0 Å². The Morgan fingerprint density at radius 1 is 1.10 bits per heavy atom. The Hall–Kier alpha value is -0.370. The van der Waals surface area contributed by atoms with Gasteiger partial charge in [0, 0.05) is 5.92 Å². The van der Waals surface area contributed by atoms with E-state index < -0.39 is 0 Å². The van der Waals surface area contributed by atoms with Gasteiger partial charge in [-0.15, -0.1) is 0 Å². The second-order valence-electron chi connectivity index (χ2n) is 8.21. The van der Waals surface area contributed by atoms with Crippen LogP contribution in [0.15, 0.2) is 0 Å². The number of Topliss-reactive ketones (excluding diaryl/α,β-unsaturated/α-hetero) is 1. The molecular weight excluding hydrogens is 248 g/mol. The van der Waals surface area contributed by atoms with Gasteiger partial charge in [-0.2, -0.15) is 0 Å². The molecular formula is C18H30O2. The van der Waals surface area contributed by atoms with Crippen molar-refractivity contribution in [1.29, 1.82) is 0 Å². The maximum Gasteiger partial charge on any atom is 0.161 e. The first-order valence-corrected chi connectivity index (χ1v) is 8.59. The smallest absolute Gasteiger partial charge is 0.161 e. The summed E-state index contributed by atoms with van der Waals surface area (Å²) < 4.78 is 6.14. The highest BCUT2D eigenvalue weighted by molar-refractivity contribution is 5.82. The van der Waals surface area contributed by atoms with Crippen LogP contribution in [0, 0.1) is 22.7 Å². The Labute approximate surface area is 123 Å². The topological polar surface area (TPSA) is 26.3 Å². The highest BCUT2D eigenvalue weighted by atomic mass is 16.5. The molecule has 0 amide bonds. The van der Waals surface area contributed by atoms with E-state index >= 15 is 0 Å². The molecule has 0 aromatic heterocycles. The summed E-state index contributed by atoms with van der Waals surface area (Å²) in [6.45, 7) is 7.55. The zero-order valence-corrected chi connectivity index (χ0v) is 13.4. The van der Waals surface area contributed by atoms with Crippen molar-refractivity contribution in [1.82, 2.24) is 0 Å². The van der Waals surface area contributed by atoms with Crippen molar-refractivity contribution in [2.75, 3.05) is 6.61 Å². The molecule has 3 unspecified atom stereocenters. The minimum absolute atomic E-state index is 0.282. The quantitative estimate of drug-likeness (QED) is 0.763. The molecule has 0 aromatic carbocycles. The summed E-state index contributed by atoms with van der Waals surface area (Å²) in [5.41, 5.74) is 0.663. The summed E-state index contributed by atoms with van der Waals surface area (Å²) >= 11 is 0. The fraction of sp³-hybridized carbons (Fsp3) is 0.944. The summed E-state index contributed by atoms with van der Waals surface area (Å²) in [6, 6.07) is 0. The molecule has 3 rings (SSSR count). The van der Waals surface area contributed by atoms with Gasteiger partial charge >= 0.3 is 0 Å². The van der Waals surface area contributed by atoms with E-state index in [1.165, 1.54) is 38.5 Å². The fourth-order valence-electron chi connectivity index (χ4n) is 5.11. The fourth-order valence-corrected chi connectivity index (χ4v) is 5.11. The summed E-state index contributed by atoms with van der Waals surface area (Å²) in [7, 11) is 0. The van der Waals surface area contributed by atoms with Crippen molar-refractivity contribution in [3.8, 4) is 0 Å². The predicted molar refractivity (Wildman–Crippen MR) is 80.6 cm³/mol. The second-order valence-corrected chi connectivity index (χ2v) is 8.21. The Balaban J connectivity index is 1.56. The third-order valence-corrected chi connectivity index (χ3v) is 7.20. The van der Waals surface area contributed by atoms with E-state index in [1.54, 1.807) is 0 Å². The first-order valence-electron chi connectivity index (χ1n) is 8.59. The maximum absolute atomic E-state index is 12.3. The summed E-state index contributed by atoms with van der Waals surface area (Å²) in [5.74, 6) is 1.46. The molecule has 3 aliphatic carbocycles. The third-order valence-electron chi connectivity index (χ3n) is 7.20. The zero-order chi connectivity index (χ0) is 14.4. The molecule has 0 aliphatic heterocycles. The van der Waals surface area contributed by atoms with Crippen LogP contribution in [-0.4, -0.2) is 18.5 Å². The lowest BCUT2D eigenvalue weighted by molar-refractivity contribution is -0.134. The van der Waals surface area contributed by atoms with Crippen LogP contribution in [0.1, 0.15) is 72.1 Å². The van der Waals surface area contributed by atoms with Crippen molar-refractivity contribution in [2.45, 2.75) is 78.2 Å². The van der Waals surface area contributed by atoms with Gasteiger partial charge < -0.3 is 4.74 Å². The van der Waals surface area contributed by atoms with Gasteiger partial charge in [0.1, 0.15) is 6.61 Å². The normalized spacial score (nSPS) is 40.1. The van der Waals surface area contributed by atoms with Crippen LogP contribution < -0.4 is 0 Å². The van der Waals surface area contributed by atoms with Crippen molar-refractivity contribution < 1.29 is 9.53 Å². The highest BCUT2D eigenvalue weighted by Gasteiger charge is 2.61. The molecule has 0 heterocycles. The van der Waals surface area contributed by atoms with E-state index in [0.29, 0.717) is 29.8 Å². The van der Waals surface area contributed by atoms with E-state index in [0.717, 1.165) is 18.8 Å². The van der Waals surface area contributed by atoms with Crippen LogP contribution in [0.4, 0.5) is 0 Å². The molecule has 0 aromatic rings. The third kappa shape index (κ3) is 2.15. The molecule has 114 valence electrons. The first-order chi connectivity index (χ1) is 9.45. The highest BCUT2D eigenvalue weighted by Crippen LogP contribution is 2.66. The molecule has 0 N–H and O–H groups in total. The van der Waals surface area contributed by atoms with Crippen molar-refractivity contribution in [2.24, 2.45) is 22.7 Å². The number of carbonyl (C=O) groups excluding carboxylic acids is 1. The Morgan fingerprint density at radius 3 is 2.35 bits per heavy atom. The molecule has 2 heteroatoms. The summed E-state index contributed by atoms with van der Waals surface area (Å²) in [5, 5.41) is 0. The van der Waals surface area contributed by atoms with Gasteiger partial charge in [-0.1, -0.05) is 40.0 Å². The molecule has 2 nitrogen and oxygen atoms in total. The molecule has 0 saturated heterocycles. The lowest BCUT2D eigenvalue weighted by atomic mass is 9.70. The van der Waals surface area contributed by atoms with Gasteiger partial charge in [-0.25, -0.2) is 0 Å². The van der Waals surface area contributed by atoms with Gasteiger partial charge in [0.2, 0.25) is 0 Å². The van der Waals surface area contributed by atoms with E-state index in [9.17, 15) is 4.79 Å². The standard InChI is InChI=1S/C18H30O2/c1-17(2)14-9-10-18(17,3)16(11-14)20-12-15(19)13-7-5-4-6-8-13/h13-14,16H,4-12H2,1-3H3. The summed E-state index contributed by atoms with van der Waals surface area (Å²) in [6.07, 6.45) is 10.1. The Kier molecular flexibility index (Phi) is 3.73. The minimum Gasteiger partial charge on any atom is -0.370 e. The molecule has 20 heavy (non-hydrogen) atoms. The molecule has 0 spiro atoms. The van der Waals surface area contributed by atoms with Gasteiger partial charge in [0.15, 0.2) is 5.78 Å². The van der Waals surface area contributed by atoms with Gasteiger partial charge in [-0.05, 0) is 48.9 Å². The number of ketones is 1. The van der Waals surface area contributed by atoms with Crippen LogP contribution in [-0.2, 0) is 9.53 Å². The number of carbonyl (C=O) groups is 1. The maximum atomic E-state index is 12.3. The number of ether oxygens (including phenoxy) is 1. The van der Waals surface area contributed by atoms with Crippen LogP contribution in [0.2, 0.25) is 0 Å². The zero-order valence-electron chi connectivity index (χ0n) is 13.4. The average Bonchev–Trinajstić information content (AvgIpc) is 2.78. The monoisotopic (exact) mass is 278 g/mol. The van der Waals surface area contributed by atoms with Crippen LogP contribution in [0.25, 0.3) is 0 Å². The van der Waals surface area contributed by atoms with Crippen LogP contribution >= 0.6 is 0 Å². The van der Waals surface area contributed by atoms with Gasteiger partial charge in [-0.3, -0.25) is 4.79 Å². The van der Waals surface area contributed by atoms with E-state index in [-0.39, 0.29) is 5.41 Å². The minimum atomic E-state index is 0.282. The second kappa shape index (κ2) is 5.12. The summed E-state index contributed by atoms with van der Waals surface area (Å²) in [4.78, 5) is 12.3. The number of hydrogen-bond acceptors (Lipinski definition) is 2.